The van der Waals surface area contributed by atoms with Gasteiger partial charge in [-0.1, -0.05) is 0 Å². The van der Waals surface area contributed by atoms with Crippen molar-refractivity contribution in [1.29, 1.82) is 0 Å². The van der Waals surface area contributed by atoms with Gasteiger partial charge in [0.15, 0.2) is 0 Å². The molecule has 1 aromatic carbocycles. The van der Waals surface area contributed by atoms with Crippen LogP contribution < -0.4 is 10.6 Å². The Labute approximate surface area is 106 Å². The summed E-state index contributed by atoms with van der Waals surface area (Å²) in [4.78, 5) is 24.8. The first-order valence-electron chi connectivity index (χ1n) is 5.94. The van der Waals surface area contributed by atoms with E-state index in [-0.39, 0.29) is 18.4 Å². The maximum absolute atomic E-state index is 12.1. The largest absolute Gasteiger partial charge is 0.384 e. The highest BCUT2D eigenvalue weighted by Gasteiger charge is 2.17. The zero-order chi connectivity index (χ0) is 13.1. The van der Waals surface area contributed by atoms with Gasteiger partial charge in [-0.05, 0) is 30.2 Å². The summed E-state index contributed by atoms with van der Waals surface area (Å²) in [5.41, 5.74) is 2.89. The summed E-state index contributed by atoms with van der Waals surface area (Å²) in [5, 5.41) is 5.75. The fraction of sp³-hybridized carbons (Fsp3) is 0.385. The van der Waals surface area contributed by atoms with E-state index >= 15 is 0 Å². The molecular formula is C13H17N3O2. The summed E-state index contributed by atoms with van der Waals surface area (Å²) in [5.74, 6) is -0.304. The normalized spacial score (nSPS) is 12.6. The smallest absolute Gasteiger partial charge is 0.254 e. The molecule has 1 aromatic rings. The minimum absolute atomic E-state index is 0.0741. The first-order chi connectivity index (χ1) is 8.61. The van der Waals surface area contributed by atoms with Crippen LogP contribution in [-0.4, -0.2) is 43.9 Å². The maximum atomic E-state index is 12.1. The second kappa shape index (κ2) is 5.08. The Kier molecular flexibility index (Phi) is 3.50. The van der Waals surface area contributed by atoms with Crippen molar-refractivity contribution in [3.63, 3.8) is 0 Å². The molecule has 1 aliphatic heterocycles. The van der Waals surface area contributed by atoms with Crippen molar-refractivity contribution in [3.05, 3.63) is 29.3 Å². The van der Waals surface area contributed by atoms with Crippen molar-refractivity contribution >= 4 is 17.5 Å². The first-order valence-corrected chi connectivity index (χ1v) is 5.94. The van der Waals surface area contributed by atoms with Crippen LogP contribution in [0.3, 0.4) is 0 Å². The SMILES string of the molecule is CNC(=O)CN(C)C(=O)c1ccc2c(c1)CCN2. The Morgan fingerprint density at radius 2 is 2.22 bits per heavy atom. The van der Waals surface area contributed by atoms with Gasteiger partial charge in [-0.2, -0.15) is 0 Å². The lowest BCUT2D eigenvalue weighted by atomic mass is 10.1. The minimum Gasteiger partial charge on any atom is -0.384 e. The van der Waals surface area contributed by atoms with E-state index in [0.29, 0.717) is 5.56 Å². The van der Waals surface area contributed by atoms with Crippen molar-refractivity contribution in [1.82, 2.24) is 10.2 Å². The number of hydrogen-bond donors (Lipinski definition) is 2. The molecule has 2 amide bonds. The van der Waals surface area contributed by atoms with Gasteiger partial charge in [0, 0.05) is 31.9 Å². The Morgan fingerprint density at radius 1 is 1.44 bits per heavy atom. The van der Waals surface area contributed by atoms with E-state index in [0.717, 1.165) is 24.2 Å². The molecule has 0 saturated heterocycles. The highest BCUT2D eigenvalue weighted by molar-refractivity contribution is 5.97. The zero-order valence-electron chi connectivity index (χ0n) is 10.6. The summed E-state index contributed by atoms with van der Waals surface area (Å²) in [6.07, 6.45) is 0.940. The number of amides is 2. The molecule has 0 saturated carbocycles. The highest BCUT2D eigenvalue weighted by Crippen LogP contribution is 2.23. The van der Waals surface area contributed by atoms with Crippen LogP contribution in [0, 0.1) is 0 Å². The van der Waals surface area contributed by atoms with E-state index in [9.17, 15) is 9.59 Å². The first kappa shape index (κ1) is 12.4. The number of anilines is 1. The van der Waals surface area contributed by atoms with Gasteiger partial charge in [-0.25, -0.2) is 0 Å². The molecule has 5 nitrogen and oxygen atoms in total. The summed E-state index contributed by atoms with van der Waals surface area (Å²) < 4.78 is 0. The molecule has 0 aliphatic carbocycles. The zero-order valence-corrected chi connectivity index (χ0v) is 10.6. The molecule has 0 radical (unpaired) electrons. The lowest BCUT2D eigenvalue weighted by Gasteiger charge is -2.16. The lowest BCUT2D eigenvalue weighted by Crippen LogP contribution is -2.36. The number of benzene rings is 1. The quantitative estimate of drug-likeness (QED) is 0.816. The minimum atomic E-state index is -0.173. The van der Waals surface area contributed by atoms with Crippen LogP contribution in [-0.2, 0) is 11.2 Å². The molecule has 5 heteroatoms. The molecule has 1 heterocycles. The molecule has 1 aliphatic rings. The fourth-order valence-electron chi connectivity index (χ4n) is 2.02. The molecule has 0 spiro atoms. The van der Waals surface area contributed by atoms with Crippen LogP contribution in [0.5, 0.6) is 0 Å². The van der Waals surface area contributed by atoms with E-state index in [1.165, 1.54) is 4.90 Å². The van der Waals surface area contributed by atoms with Gasteiger partial charge in [0.25, 0.3) is 5.91 Å². The molecule has 2 rings (SSSR count). The number of carbonyl (C=O) groups is 2. The third kappa shape index (κ3) is 2.45. The fourth-order valence-corrected chi connectivity index (χ4v) is 2.02. The predicted octanol–water partition coefficient (Wildman–Crippen LogP) is 0.473. The Bertz CT molecular complexity index is 485. The molecular weight excluding hydrogens is 230 g/mol. The van der Waals surface area contributed by atoms with Gasteiger partial charge in [0.2, 0.25) is 5.91 Å². The van der Waals surface area contributed by atoms with Gasteiger partial charge in [-0.15, -0.1) is 0 Å². The number of nitrogens with zero attached hydrogens (tertiary/aromatic N) is 1. The average molecular weight is 247 g/mol. The maximum Gasteiger partial charge on any atom is 0.254 e. The van der Waals surface area contributed by atoms with Crippen molar-refractivity contribution < 1.29 is 9.59 Å². The molecule has 0 atom stereocenters. The molecule has 96 valence electrons. The molecule has 18 heavy (non-hydrogen) atoms. The van der Waals surface area contributed by atoms with Crippen LogP contribution in [0.15, 0.2) is 18.2 Å². The van der Waals surface area contributed by atoms with Crippen molar-refractivity contribution in [3.8, 4) is 0 Å². The third-order valence-corrected chi connectivity index (χ3v) is 3.07. The molecule has 2 N–H and O–H groups in total. The number of hydrogen-bond acceptors (Lipinski definition) is 3. The van der Waals surface area contributed by atoms with Crippen LogP contribution in [0.1, 0.15) is 15.9 Å². The number of carbonyl (C=O) groups excluding carboxylic acids is 2. The second-order valence-corrected chi connectivity index (χ2v) is 4.38. The number of nitrogens with one attached hydrogen (secondary N) is 2. The molecule has 0 fully saturated rings. The Morgan fingerprint density at radius 3 is 2.94 bits per heavy atom. The standard InChI is InChI=1S/C13H17N3O2/c1-14-12(17)8-16(2)13(18)10-3-4-11-9(7-10)5-6-15-11/h3-4,7,15H,5-6,8H2,1-2H3,(H,14,17). The molecule has 0 bridgehead atoms. The third-order valence-electron chi connectivity index (χ3n) is 3.07. The van der Waals surface area contributed by atoms with Gasteiger partial charge >= 0.3 is 0 Å². The Hall–Kier alpha value is -2.04. The van der Waals surface area contributed by atoms with Gasteiger partial charge < -0.3 is 15.5 Å². The summed E-state index contributed by atoms with van der Waals surface area (Å²) >= 11 is 0. The van der Waals surface area contributed by atoms with Crippen LogP contribution in [0.2, 0.25) is 0 Å². The van der Waals surface area contributed by atoms with Crippen molar-refractivity contribution in [2.24, 2.45) is 0 Å². The van der Waals surface area contributed by atoms with Gasteiger partial charge in [-0.3, -0.25) is 9.59 Å². The van der Waals surface area contributed by atoms with E-state index in [1.54, 1.807) is 20.2 Å². The van der Waals surface area contributed by atoms with E-state index in [4.69, 9.17) is 0 Å². The predicted molar refractivity (Wildman–Crippen MR) is 69.7 cm³/mol. The second-order valence-electron chi connectivity index (χ2n) is 4.38. The van der Waals surface area contributed by atoms with Crippen molar-refractivity contribution in [2.75, 3.05) is 32.5 Å². The summed E-state index contributed by atoms with van der Waals surface area (Å²) in [6.45, 7) is 0.992. The molecule has 0 unspecified atom stereocenters. The topological polar surface area (TPSA) is 61.4 Å². The van der Waals surface area contributed by atoms with E-state index in [1.807, 2.05) is 12.1 Å². The summed E-state index contributed by atoms with van der Waals surface area (Å²) in [6, 6.07) is 5.61. The van der Waals surface area contributed by atoms with Crippen LogP contribution in [0.25, 0.3) is 0 Å². The number of likely N-dealkylation sites (N-methyl/N-ethyl adjacent to an activating group) is 2. The Balaban J connectivity index is 2.11. The van der Waals surface area contributed by atoms with E-state index < -0.39 is 0 Å². The summed E-state index contributed by atoms with van der Waals surface area (Å²) in [7, 11) is 3.19. The highest BCUT2D eigenvalue weighted by atomic mass is 16.2. The van der Waals surface area contributed by atoms with Gasteiger partial charge in [0.05, 0.1) is 6.54 Å². The van der Waals surface area contributed by atoms with Crippen LogP contribution >= 0.6 is 0 Å². The van der Waals surface area contributed by atoms with Crippen molar-refractivity contribution in [2.45, 2.75) is 6.42 Å². The lowest BCUT2D eigenvalue weighted by molar-refractivity contribution is -0.121. The van der Waals surface area contributed by atoms with Crippen LogP contribution in [0.4, 0.5) is 5.69 Å². The average Bonchev–Trinajstić information content (AvgIpc) is 2.84. The number of fused-ring (bicyclic) bond motifs is 1. The monoisotopic (exact) mass is 247 g/mol. The van der Waals surface area contributed by atoms with E-state index in [2.05, 4.69) is 10.6 Å². The van der Waals surface area contributed by atoms with Gasteiger partial charge in [0.1, 0.15) is 0 Å². The molecule has 0 aromatic heterocycles. The number of rotatable bonds is 3.